The molecule has 1 saturated heterocycles. The third-order valence-corrected chi connectivity index (χ3v) is 4.25. The molecule has 24 heavy (non-hydrogen) atoms. The van der Waals surface area contributed by atoms with Crippen molar-refractivity contribution in [3.8, 4) is 0 Å². The monoisotopic (exact) mass is 338 g/mol. The van der Waals surface area contributed by atoms with Gasteiger partial charge in [-0.05, 0) is 39.3 Å². The smallest absolute Gasteiger partial charge is 0.410 e. The molecule has 0 saturated carbocycles. The number of likely N-dealkylation sites (tertiary alicyclic amines) is 1. The van der Waals surface area contributed by atoms with Gasteiger partial charge < -0.3 is 19.3 Å². The van der Waals surface area contributed by atoms with Gasteiger partial charge in [-0.2, -0.15) is 0 Å². The maximum absolute atomic E-state index is 11.7. The lowest BCUT2D eigenvalue weighted by Crippen LogP contribution is -2.41. The SMILES string of the molecule is C=CCOC(=O)N1CCC(OCCCCCCN(C)CC=C)CC1. The Labute approximate surface area is 147 Å². The Morgan fingerprint density at radius 2 is 1.88 bits per heavy atom. The number of nitrogens with zero attached hydrogens (tertiary/aromatic N) is 2. The fourth-order valence-electron chi connectivity index (χ4n) is 2.83. The van der Waals surface area contributed by atoms with E-state index in [0.29, 0.717) is 0 Å². The number of piperidine rings is 1. The molecule has 5 heteroatoms. The highest BCUT2D eigenvalue weighted by atomic mass is 16.6. The Morgan fingerprint density at radius 1 is 1.17 bits per heavy atom. The van der Waals surface area contributed by atoms with E-state index < -0.39 is 0 Å². The molecule has 1 aliphatic heterocycles. The zero-order chi connectivity index (χ0) is 17.6. The van der Waals surface area contributed by atoms with Gasteiger partial charge in [0.1, 0.15) is 6.61 Å². The number of ether oxygens (including phenoxy) is 2. The molecule has 0 unspecified atom stereocenters. The highest BCUT2D eigenvalue weighted by molar-refractivity contribution is 5.67. The Kier molecular flexibility index (Phi) is 11.2. The second-order valence-electron chi connectivity index (χ2n) is 6.39. The average molecular weight is 338 g/mol. The van der Waals surface area contributed by atoms with Crippen LogP contribution in [0, 0.1) is 0 Å². The highest BCUT2D eigenvalue weighted by Crippen LogP contribution is 2.15. The van der Waals surface area contributed by atoms with Crippen molar-refractivity contribution in [3.63, 3.8) is 0 Å². The van der Waals surface area contributed by atoms with Crippen molar-refractivity contribution < 1.29 is 14.3 Å². The predicted octanol–water partition coefficient (Wildman–Crippen LogP) is 3.47. The van der Waals surface area contributed by atoms with Gasteiger partial charge in [-0.15, -0.1) is 6.58 Å². The second-order valence-corrected chi connectivity index (χ2v) is 6.39. The molecule has 0 aliphatic carbocycles. The Morgan fingerprint density at radius 3 is 2.54 bits per heavy atom. The number of unbranched alkanes of at least 4 members (excludes halogenated alkanes) is 3. The Bertz CT molecular complexity index is 366. The molecule has 5 nitrogen and oxygen atoms in total. The van der Waals surface area contributed by atoms with E-state index in [0.717, 1.165) is 52.0 Å². The largest absolute Gasteiger partial charge is 0.445 e. The summed E-state index contributed by atoms with van der Waals surface area (Å²) in [4.78, 5) is 15.8. The summed E-state index contributed by atoms with van der Waals surface area (Å²) < 4.78 is 11.0. The van der Waals surface area contributed by atoms with Crippen molar-refractivity contribution in [2.24, 2.45) is 0 Å². The molecule has 0 N–H and O–H groups in total. The van der Waals surface area contributed by atoms with E-state index in [-0.39, 0.29) is 18.8 Å². The van der Waals surface area contributed by atoms with Gasteiger partial charge in [0.25, 0.3) is 0 Å². The molecule has 1 rings (SSSR count). The number of carbonyl (C=O) groups is 1. The summed E-state index contributed by atoms with van der Waals surface area (Å²) in [5.41, 5.74) is 0. The zero-order valence-electron chi connectivity index (χ0n) is 15.3. The molecule has 0 radical (unpaired) electrons. The van der Waals surface area contributed by atoms with Crippen molar-refractivity contribution in [1.82, 2.24) is 9.80 Å². The molecular formula is C19H34N2O3. The van der Waals surface area contributed by atoms with Crippen LogP contribution >= 0.6 is 0 Å². The topological polar surface area (TPSA) is 42.0 Å². The quantitative estimate of drug-likeness (QED) is 0.404. The Hall–Kier alpha value is -1.33. The lowest BCUT2D eigenvalue weighted by atomic mass is 10.1. The average Bonchev–Trinajstić information content (AvgIpc) is 2.59. The van der Waals surface area contributed by atoms with Crippen LogP contribution in [0.5, 0.6) is 0 Å². The van der Waals surface area contributed by atoms with Crippen LogP contribution in [0.15, 0.2) is 25.3 Å². The van der Waals surface area contributed by atoms with Gasteiger partial charge in [-0.1, -0.05) is 31.6 Å². The van der Waals surface area contributed by atoms with Crippen LogP contribution in [0.1, 0.15) is 38.5 Å². The van der Waals surface area contributed by atoms with Crippen LogP contribution in [-0.2, 0) is 9.47 Å². The first-order valence-electron chi connectivity index (χ1n) is 9.11. The van der Waals surface area contributed by atoms with Crippen LogP contribution in [0.25, 0.3) is 0 Å². The summed E-state index contributed by atoms with van der Waals surface area (Å²) >= 11 is 0. The molecule has 1 heterocycles. The van der Waals surface area contributed by atoms with Crippen molar-refractivity contribution in [3.05, 3.63) is 25.3 Å². The van der Waals surface area contributed by atoms with Gasteiger partial charge in [-0.25, -0.2) is 4.79 Å². The second kappa shape index (κ2) is 13.0. The molecule has 1 amide bonds. The fourth-order valence-corrected chi connectivity index (χ4v) is 2.83. The van der Waals surface area contributed by atoms with Gasteiger partial charge >= 0.3 is 6.09 Å². The maximum atomic E-state index is 11.7. The lowest BCUT2D eigenvalue weighted by Gasteiger charge is -2.31. The molecule has 138 valence electrons. The minimum Gasteiger partial charge on any atom is -0.445 e. The first kappa shape index (κ1) is 20.7. The van der Waals surface area contributed by atoms with Crippen molar-refractivity contribution in [1.29, 1.82) is 0 Å². The summed E-state index contributed by atoms with van der Waals surface area (Å²) in [6, 6.07) is 0. The number of likely N-dealkylation sites (N-methyl/N-ethyl adjacent to an activating group) is 1. The molecule has 0 bridgehead atoms. The summed E-state index contributed by atoms with van der Waals surface area (Å²) in [6.07, 6.45) is 10.2. The van der Waals surface area contributed by atoms with E-state index >= 15 is 0 Å². The van der Waals surface area contributed by atoms with Crippen LogP contribution < -0.4 is 0 Å². The molecular weight excluding hydrogens is 304 g/mol. The molecule has 0 aromatic carbocycles. The van der Waals surface area contributed by atoms with E-state index in [1.54, 1.807) is 11.0 Å². The molecule has 0 atom stereocenters. The first-order valence-corrected chi connectivity index (χ1v) is 9.11. The van der Waals surface area contributed by atoms with E-state index in [1.165, 1.54) is 19.3 Å². The molecule has 0 aromatic rings. The predicted molar refractivity (Wildman–Crippen MR) is 98.3 cm³/mol. The van der Waals surface area contributed by atoms with Gasteiger partial charge in [0.2, 0.25) is 0 Å². The number of hydrogen-bond donors (Lipinski definition) is 0. The normalized spacial score (nSPS) is 15.5. The van der Waals surface area contributed by atoms with E-state index in [2.05, 4.69) is 25.1 Å². The van der Waals surface area contributed by atoms with E-state index in [1.807, 2.05) is 6.08 Å². The van der Waals surface area contributed by atoms with Gasteiger partial charge in [0, 0.05) is 26.2 Å². The lowest BCUT2D eigenvalue weighted by molar-refractivity contribution is 0.00538. The fraction of sp³-hybridized carbons (Fsp3) is 0.737. The van der Waals surface area contributed by atoms with Gasteiger partial charge in [-0.3, -0.25) is 0 Å². The van der Waals surface area contributed by atoms with Crippen LogP contribution in [0.3, 0.4) is 0 Å². The molecule has 0 aromatic heterocycles. The minimum absolute atomic E-state index is 0.241. The number of rotatable bonds is 12. The van der Waals surface area contributed by atoms with Crippen LogP contribution in [0.2, 0.25) is 0 Å². The maximum Gasteiger partial charge on any atom is 0.410 e. The van der Waals surface area contributed by atoms with Crippen molar-refractivity contribution >= 4 is 6.09 Å². The number of hydrogen-bond acceptors (Lipinski definition) is 4. The first-order chi connectivity index (χ1) is 11.7. The van der Waals surface area contributed by atoms with Crippen molar-refractivity contribution in [2.75, 3.05) is 46.4 Å². The minimum atomic E-state index is -0.241. The van der Waals surface area contributed by atoms with Crippen LogP contribution in [0.4, 0.5) is 4.79 Å². The van der Waals surface area contributed by atoms with E-state index in [4.69, 9.17) is 9.47 Å². The molecule has 0 spiro atoms. The number of amides is 1. The summed E-state index contributed by atoms with van der Waals surface area (Å²) in [5.74, 6) is 0. The van der Waals surface area contributed by atoms with E-state index in [9.17, 15) is 4.79 Å². The summed E-state index contributed by atoms with van der Waals surface area (Å²) in [6.45, 7) is 11.9. The summed E-state index contributed by atoms with van der Waals surface area (Å²) in [5, 5.41) is 0. The molecule has 1 fully saturated rings. The molecule has 1 aliphatic rings. The van der Waals surface area contributed by atoms with Crippen molar-refractivity contribution in [2.45, 2.75) is 44.6 Å². The number of carbonyl (C=O) groups excluding carboxylic acids is 1. The standard InChI is InChI=1S/C19H34N2O3/c1-4-12-20(3)13-8-6-7-9-17-23-18-10-14-21(15-11-18)19(22)24-16-5-2/h4-5,18H,1-2,6-17H2,3H3. The van der Waals surface area contributed by atoms with Gasteiger partial charge in [0.05, 0.1) is 6.10 Å². The van der Waals surface area contributed by atoms with Gasteiger partial charge in [0.15, 0.2) is 0 Å². The van der Waals surface area contributed by atoms with Crippen LogP contribution in [-0.4, -0.2) is 68.4 Å². The summed E-state index contributed by atoms with van der Waals surface area (Å²) in [7, 11) is 2.13. The highest BCUT2D eigenvalue weighted by Gasteiger charge is 2.23. The Balaban J connectivity index is 1.97. The third-order valence-electron chi connectivity index (χ3n) is 4.25. The third kappa shape index (κ3) is 9.08. The zero-order valence-corrected chi connectivity index (χ0v) is 15.3.